The fourth-order valence-corrected chi connectivity index (χ4v) is 2.52. The highest BCUT2D eigenvalue weighted by Crippen LogP contribution is 2.17. The first-order valence-electron chi connectivity index (χ1n) is 6.26. The maximum atomic E-state index is 6.13. The summed E-state index contributed by atoms with van der Waals surface area (Å²) in [6.45, 7) is 5.58. The van der Waals surface area contributed by atoms with Crippen molar-refractivity contribution in [1.82, 2.24) is 4.90 Å². The van der Waals surface area contributed by atoms with E-state index >= 15 is 0 Å². The summed E-state index contributed by atoms with van der Waals surface area (Å²) in [6, 6.07) is 11.0. The molecule has 2 rings (SSSR count). The Hall–Kier alpha value is -0.860. The van der Waals surface area contributed by atoms with Crippen LogP contribution in [0.4, 0.5) is 0 Å². The number of hydrogen-bond donors (Lipinski definition) is 1. The third-order valence-electron chi connectivity index (χ3n) is 3.38. The molecule has 2 unspecified atom stereocenters. The molecule has 1 aliphatic heterocycles. The first kappa shape index (κ1) is 11.6. The van der Waals surface area contributed by atoms with Crippen molar-refractivity contribution in [3.8, 4) is 0 Å². The van der Waals surface area contributed by atoms with E-state index in [1.807, 2.05) is 0 Å². The van der Waals surface area contributed by atoms with E-state index in [4.69, 9.17) is 5.73 Å². The van der Waals surface area contributed by atoms with Crippen LogP contribution in [-0.2, 0) is 6.54 Å². The van der Waals surface area contributed by atoms with Gasteiger partial charge in [0, 0.05) is 19.1 Å². The average Bonchev–Trinajstić information content (AvgIpc) is 2.41. The zero-order valence-corrected chi connectivity index (χ0v) is 10.1. The third kappa shape index (κ3) is 3.32. The lowest BCUT2D eigenvalue weighted by Gasteiger charge is -2.22. The highest BCUT2D eigenvalue weighted by molar-refractivity contribution is 5.14. The lowest BCUT2D eigenvalue weighted by molar-refractivity contribution is 0.263. The minimum absolute atomic E-state index is 0.348. The first-order chi connectivity index (χ1) is 7.74. The molecule has 0 saturated carbocycles. The highest BCUT2D eigenvalue weighted by atomic mass is 15.1. The summed E-state index contributed by atoms with van der Waals surface area (Å²) < 4.78 is 0. The second kappa shape index (κ2) is 5.46. The number of likely N-dealkylation sites (tertiary alicyclic amines) is 1. The summed E-state index contributed by atoms with van der Waals surface area (Å²) in [7, 11) is 0. The second-order valence-electron chi connectivity index (χ2n) is 5.11. The van der Waals surface area contributed by atoms with Crippen molar-refractivity contribution in [2.75, 3.05) is 13.1 Å². The standard InChI is InChI=1S/C14H22N2/c1-12-7-8-16(11-14(15)9-12)10-13-5-3-2-4-6-13/h2-6,12,14H,7-11,15H2,1H3. The zero-order chi connectivity index (χ0) is 11.4. The van der Waals surface area contributed by atoms with Crippen molar-refractivity contribution in [3.05, 3.63) is 35.9 Å². The summed E-state index contributed by atoms with van der Waals surface area (Å²) in [5.74, 6) is 0.774. The van der Waals surface area contributed by atoms with Gasteiger partial charge in [0.2, 0.25) is 0 Å². The molecule has 88 valence electrons. The largest absolute Gasteiger partial charge is 0.327 e. The van der Waals surface area contributed by atoms with Gasteiger partial charge >= 0.3 is 0 Å². The van der Waals surface area contributed by atoms with Gasteiger partial charge in [-0.2, -0.15) is 0 Å². The van der Waals surface area contributed by atoms with E-state index in [1.54, 1.807) is 0 Å². The Morgan fingerprint density at radius 2 is 2.06 bits per heavy atom. The number of nitrogens with zero attached hydrogens (tertiary/aromatic N) is 1. The molecular weight excluding hydrogens is 196 g/mol. The van der Waals surface area contributed by atoms with Crippen molar-refractivity contribution < 1.29 is 0 Å². The van der Waals surface area contributed by atoms with E-state index in [1.165, 1.54) is 24.9 Å². The molecule has 2 N–H and O–H groups in total. The van der Waals surface area contributed by atoms with Crippen LogP contribution in [0.1, 0.15) is 25.3 Å². The van der Waals surface area contributed by atoms with Gasteiger partial charge in [-0.15, -0.1) is 0 Å². The second-order valence-corrected chi connectivity index (χ2v) is 5.11. The lowest BCUT2D eigenvalue weighted by atomic mass is 10.0. The van der Waals surface area contributed by atoms with Gasteiger partial charge in [-0.05, 0) is 30.9 Å². The molecule has 16 heavy (non-hydrogen) atoms. The molecule has 2 atom stereocenters. The van der Waals surface area contributed by atoms with Crippen LogP contribution in [0.15, 0.2) is 30.3 Å². The number of rotatable bonds is 2. The summed E-state index contributed by atoms with van der Waals surface area (Å²) in [5, 5.41) is 0. The van der Waals surface area contributed by atoms with Gasteiger partial charge in [-0.1, -0.05) is 37.3 Å². The zero-order valence-electron chi connectivity index (χ0n) is 10.1. The van der Waals surface area contributed by atoms with Crippen LogP contribution in [0, 0.1) is 5.92 Å². The monoisotopic (exact) mass is 218 g/mol. The van der Waals surface area contributed by atoms with Gasteiger partial charge in [-0.3, -0.25) is 4.90 Å². The minimum atomic E-state index is 0.348. The normalized spacial score (nSPS) is 27.6. The van der Waals surface area contributed by atoms with Crippen LogP contribution in [0.3, 0.4) is 0 Å². The highest BCUT2D eigenvalue weighted by Gasteiger charge is 2.19. The number of hydrogen-bond acceptors (Lipinski definition) is 2. The summed E-state index contributed by atoms with van der Waals surface area (Å²) >= 11 is 0. The molecule has 1 aromatic carbocycles. The average molecular weight is 218 g/mol. The smallest absolute Gasteiger partial charge is 0.0234 e. The molecule has 1 heterocycles. The quantitative estimate of drug-likeness (QED) is 0.825. The summed E-state index contributed by atoms with van der Waals surface area (Å²) in [5.41, 5.74) is 7.52. The molecule has 1 saturated heterocycles. The SMILES string of the molecule is CC1CCN(Cc2ccccc2)CC(N)C1. The maximum Gasteiger partial charge on any atom is 0.0234 e. The minimum Gasteiger partial charge on any atom is -0.327 e. The fourth-order valence-electron chi connectivity index (χ4n) is 2.52. The lowest BCUT2D eigenvalue weighted by Crippen LogP contribution is -2.35. The molecule has 0 aromatic heterocycles. The molecule has 0 spiro atoms. The van der Waals surface area contributed by atoms with Gasteiger partial charge in [0.15, 0.2) is 0 Å². The molecule has 0 bridgehead atoms. The van der Waals surface area contributed by atoms with Crippen LogP contribution < -0.4 is 5.73 Å². The van der Waals surface area contributed by atoms with Crippen molar-refractivity contribution in [2.24, 2.45) is 11.7 Å². The Bertz CT molecular complexity index is 310. The van der Waals surface area contributed by atoms with E-state index in [-0.39, 0.29) is 0 Å². The van der Waals surface area contributed by atoms with E-state index in [9.17, 15) is 0 Å². The van der Waals surface area contributed by atoms with Gasteiger partial charge < -0.3 is 5.73 Å². The van der Waals surface area contributed by atoms with Gasteiger partial charge in [-0.25, -0.2) is 0 Å². The first-order valence-corrected chi connectivity index (χ1v) is 6.26. The molecule has 1 aliphatic rings. The van der Waals surface area contributed by atoms with Crippen LogP contribution >= 0.6 is 0 Å². The van der Waals surface area contributed by atoms with Crippen LogP contribution in [0.2, 0.25) is 0 Å². The van der Waals surface area contributed by atoms with Gasteiger partial charge in [0.05, 0.1) is 0 Å². The molecule has 0 aliphatic carbocycles. The van der Waals surface area contributed by atoms with Crippen LogP contribution in [0.5, 0.6) is 0 Å². The Morgan fingerprint density at radius 3 is 2.81 bits per heavy atom. The molecule has 2 heteroatoms. The number of nitrogens with two attached hydrogens (primary N) is 1. The Labute approximate surface area is 98.4 Å². The van der Waals surface area contributed by atoms with Crippen molar-refractivity contribution in [2.45, 2.75) is 32.4 Å². The van der Waals surface area contributed by atoms with Gasteiger partial charge in [0.25, 0.3) is 0 Å². The molecule has 1 fully saturated rings. The Morgan fingerprint density at radius 1 is 1.31 bits per heavy atom. The predicted molar refractivity (Wildman–Crippen MR) is 68.1 cm³/mol. The van der Waals surface area contributed by atoms with E-state index < -0.39 is 0 Å². The van der Waals surface area contributed by atoms with Crippen LogP contribution in [-0.4, -0.2) is 24.0 Å². The third-order valence-corrected chi connectivity index (χ3v) is 3.38. The maximum absolute atomic E-state index is 6.13. The Kier molecular flexibility index (Phi) is 3.97. The predicted octanol–water partition coefficient (Wildman–Crippen LogP) is 2.25. The fraction of sp³-hybridized carbons (Fsp3) is 0.571. The number of benzene rings is 1. The molecular formula is C14H22N2. The van der Waals surface area contributed by atoms with E-state index in [2.05, 4.69) is 42.2 Å². The summed E-state index contributed by atoms with van der Waals surface area (Å²) in [6.07, 6.45) is 2.45. The van der Waals surface area contributed by atoms with Crippen molar-refractivity contribution >= 4 is 0 Å². The van der Waals surface area contributed by atoms with E-state index in [0.29, 0.717) is 6.04 Å². The summed E-state index contributed by atoms with van der Waals surface area (Å²) in [4.78, 5) is 2.49. The van der Waals surface area contributed by atoms with Crippen LogP contribution in [0.25, 0.3) is 0 Å². The molecule has 1 aromatic rings. The van der Waals surface area contributed by atoms with Crippen molar-refractivity contribution in [3.63, 3.8) is 0 Å². The van der Waals surface area contributed by atoms with E-state index in [0.717, 1.165) is 19.0 Å². The van der Waals surface area contributed by atoms with Crippen molar-refractivity contribution in [1.29, 1.82) is 0 Å². The van der Waals surface area contributed by atoms with Gasteiger partial charge in [0.1, 0.15) is 0 Å². The Balaban J connectivity index is 1.94. The molecule has 0 amide bonds. The topological polar surface area (TPSA) is 29.3 Å². The molecule has 0 radical (unpaired) electrons. The molecule has 2 nitrogen and oxygen atoms in total.